The highest BCUT2D eigenvalue weighted by atomic mass is 16.4. The fourth-order valence-corrected chi connectivity index (χ4v) is 3.01. The first-order valence-corrected chi connectivity index (χ1v) is 8.16. The van der Waals surface area contributed by atoms with Gasteiger partial charge in [-0.3, -0.25) is 0 Å². The number of aromatic nitrogens is 1. The number of pyridine rings is 1. The third-order valence-corrected chi connectivity index (χ3v) is 4.48. The van der Waals surface area contributed by atoms with E-state index in [-0.39, 0.29) is 5.63 Å². The van der Waals surface area contributed by atoms with Crippen molar-refractivity contribution < 1.29 is 8.98 Å². The van der Waals surface area contributed by atoms with Crippen LogP contribution in [0.25, 0.3) is 32.9 Å². The minimum absolute atomic E-state index is 0.315. The molecule has 0 N–H and O–H groups in total. The third-order valence-electron chi connectivity index (χ3n) is 4.48. The first-order chi connectivity index (χ1) is 12.0. The van der Waals surface area contributed by atoms with Crippen LogP contribution in [0.3, 0.4) is 0 Å². The second kappa shape index (κ2) is 5.74. The number of aryl methyl sites for hydroxylation is 1. The Balaban J connectivity index is 1.93. The van der Waals surface area contributed by atoms with Gasteiger partial charge >= 0.3 is 5.63 Å². The predicted molar refractivity (Wildman–Crippen MR) is 101 cm³/mol. The van der Waals surface area contributed by atoms with Crippen molar-refractivity contribution in [3.05, 3.63) is 71.3 Å². The molecule has 0 atom stereocenters. The molecule has 25 heavy (non-hydrogen) atoms. The van der Waals surface area contributed by atoms with Gasteiger partial charge in [0.25, 0.3) is 0 Å². The largest absolute Gasteiger partial charge is 0.422 e. The molecule has 4 heteroatoms. The van der Waals surface area contributed by atoms with Crippen LogP contribution < -0.4 is 15.1 Å². The average Bonchev–Trinajstić information content (AvgIpc) is 2.60. The van der Waals surface area contributed by atoms with Gasteiger partial charge in [0, 0.05) is 42.9 Å². The quantitative estimate of drug-likeness (QED) is 0.320. The van der Waals surface area contributed by atoms with Gasteiger partial charge in [0.05, 0.1) is 5.56 Å². The Labute approximate surface area is 145 Å². The van der Waals surface area contributed by atoms with Crippen LogP contribution in [0.15, 0.2) is 70.1 Å². The normalized spacial score (nSPS) is 11.2. The van der Waals surface area contributed by atoms with Crippen molar-refractivity contribution in [2.24, 2.45) is 7.05 Å². The molecule has 0 radical (unpaired) electrons. The van der Waals surface area contributed by atoms with Crippen LogP contribution in [0.5, 0.6) is 0 Å². The molecule has 4 aromatic rings. The molecule has 124 valence electrons. The number of nitrogens with zero attached hydrogens (tertiary/aromatic N) is 2. The molecule has 2 aromatic heterocycles. The zero-order valence-corrected chi connectivity index (χ0v) is 14.5. The molecule has 0 aliphatic carbocycles. The fourth-order valence-electron chi connectivity index (χ4n) is 3.01. The summed E-state index contributed by atoms with van der Waals surface area (Å²) in [5.41, 5.74) is 2.85. The molecule has 0 fully saturated rings. The van der Waals surface area contributed by atoms with Crippen LogP contribution in [0.2, 0.25) is 0 Å². The van der Waals surface area contributed by atoms with Gasteiger partial charge in [0.1, 0.15) is 12.6 Å². The number of benzene rings is 2. The smallest absolute Gasteiger partial charge is 0.344 e. The summed E-state index contributed by atoms with van der Waals surface area (Å²) in [6, 6.07) is 16.0. The standard InChI is InChI=1S/C21H19N2O2/c1-22(2)18-5-4-15-10-17-12-19(14-6-8-23(3)9-7-14)21(24)25-20(17)13-16(15)11-18/h4-13H,1-3H3/q+1. The van der Waals surface area contributed by atoms with Gasteiger partial charge in [-0.25, -0.2) is 9.36 Å². The maximum absolute atomic E-state index is 12.4. The molecule has 4 rings (SSSR count). The molecule has 0 unspecified atom stereocenters. The van der Waals surface area contributed by atoms with Crippen LogP contribution in [0.1, 0.15) is 0 Å². The Morgan fingerprint density at radius 1 is 0.880 bits per heavy atom. The SMILES string of the molecule is CN(C)c1ccc2cc3cc(-c4cc[n+](C)cc4)c(=O)oc3cc2c1. The molecule has 2 aromatic carbocycles. The minimum Gasteiger partial charge on any atom is -0.422 e. The van der Waals surface area contributed by atoms with Crippen molar-refractivity contribution in [2.45, 2.75) is 0 Å². The zero-order valence-electron chi connectivity index (χ0n) is 14.5. The molecule has 0 aliphatic heterocycles. The number of hydrogen-bond donors (Lipinski definition) is 0. The molecule has 0 saturated carbocycles. The lowest BCUT2D eigenvalue weighted by molar-refractivity contribution is -0.671. The first-order valence-electron chi connectivity index (χ1n) is 8.16. The van der Waals surface area contributed by atoms with E-state index in [1.54, 1.807) is 0 Å². The Kier molecular flexibility index (Phi) is 3.53. The number of rotatable bonds is 2. The van der Waals surface area contributed by atoms with Gasteiger partial charge in [0.2, 0.25) is 0 Å². The topological polar surface area (TPSA) is 37.3 Å². The summed E-state index contributed by atoms with van der Waals surface area (Å²) in [4.78, 5) is 14.5. The summed E-state index contributed by atoms with van der Waals surface area (Å²) >= 11 is 0. The van der Waals surface area contributed by atoms with Crippen molar-refractivity contribution >= 4 is 27.4 Å². The van der Waals surface area contributed by atoms with Gasteiger partial charge < -0.3 is 9.32 Å². The number of hydrogen-bond acceptors (Lipinski definition) is 3. The monoisotopic (exact) mass is 331 g/mol. The number of anilines is 1. The van der Waals surface area contributed by atoms with E-state index in [1.165, 1.54) is 0 Å². The summed E-state index contributed by atoms with van der Waals surface area (Å²) < 4.78 is 7.54. The van der Waals surface area contributed by atoms with E-state index in [0.29, 0.717) is 11.1 Å². The van der Waals surface area contributed by atoms with Gasteiger partial charge in [-0.15, -0.1) is 0 Å². The van der Waals surface area contributed by atoms with Crippen LogP contribution in [0.4, 0.5) is 5.69 Å². The van der Waals surface area contributed by atoms with Crippen LogP contribution in [0, 0.1) is 0 Å². The first kappa shape index (κ1) is 15.4. The van der Waals surface area contributed by atoms with Gasteiger partial charge in [0.15, 0.2) is 12.4 Å². The summed E-state index contributed by atoms with van der Waals surface area (Å²) in [7, 11) is 5.96. The molecule has 0 bridgehead atoms. The molecule has 0 amide bonds. The van der Waals surface area contributed by atoms with E-state index in [9.17, 15) is 4.79 Å². The van der Waals surface area contributed by atoms with Crippen LogP contribution in [-0.2, 0) is 7.05 Å². The fraction of sp³-hybridized carbons (Fsp3) is 0.143. The average molecular weight is 331 g/mol. The second-order valence-electron chi connectivity index (χ2n) is 6.52. The Bertz CT molecular complexity index is 1140. The molecule has 0 saturated heterocycles. The predicted octanol–water partition coefficient (Wildman–Crippen LogP) is 3.50. The Morgan fingerprint density at radius 3 is 2.36 bits per heavy atom. The van der Waals surface area contributed by atoms with Gasteiger partial charge in [-0.05, 0) is 41.1 Å². The van der Waals surface area contributed by atoms with Crippen LogP contribution in [-0.4, -0.2) is 14.1 Å². The zero-order chi connectivity index (χ0) is 17.6. The van der Waals surface area contributed by atoms with E-state index in [4.69, 9.17) is 4.42 Å². The highest BCUT2D eigenvalue weighted by Gasteiger charge is 2.10. The van der Waals surface area contributed by atoms with Crippen LogP contribution >= 0.6 is 0 Å². The van der Waals surface area contributed by atoms with Crippen molar-refractivity contribution in [1.82, 2.24) is 0 Å². The summed E-state index contributed by atoms with van der Waals surface area (Å²) in [5, 5.41) is 3.10. The van der Waals surface area contributed by atoms with Gasteiger partial charge in [-0.2, -0.15) is 0 Å². The summed E-state index contributed by atoms with van der Waals surface area (Å²) in [6.45, 7) is 0. The lowest BCUT2D eigenvalue weighted by atomic mass is 10.0. The lowest BCUT2D eigenvalue weighted by Gasteiger charge is -2.13. The Hall–Kier alpha value is -3.14. The Morgan fingerprint density at radius 2 is 1.64 bits per heavy atom. The molecular weight excluding hydrogens is 312 g/mol. The maximum atomic E-state index is 12.4. The van der Waals surface area contributed by atoms with E-state index >= 15 is 0 Å². The summed E-state index contributed by atoms with van der Waals surface area (Å²) in [5.74, 6) is 0. The van der Waals surface area contributed by atoms with E-state index < -0.39 is 0 Å². The van der Waals surface area contributed by atoms with E-state index in [0.717, 1.165) is 27.4 Å². The highest BCUT2D eigenvalue weighted by Crippen LogP contribution is 2.27. The summed E-state index contributed by atoms with van der Waals surface area (Å²) in [6.07, 6.45) is 3.84. The molecule has 0 spiro atoms. The van der Waals surface area contributed by atoms with E-state index in [2.05, 4.69) is 29.2 Å². The molecule has 2 heterocycles. The number of fused-ring (bicyclic) bond motifs is 2. The van der Waals surface area contributed by atoms with E-state index in [1.807, 2.05) is 62.4 Å². The molecule has 4 nitrogen and oxygen atoms in total. The van der Waals surface area contributed by atoms with Crippen molar-refractivity contribution in [2.75, 3.05) is 19.0 Å². The van der Waals surface area contributed by atoms with Crippen molar-refractivity contribution in [3.8, 4) is 11.1 Å². The van der Waals surface area contributed by atoms with Gasteiger partial charge in [-0.1, -0.05) is 6.07 Å². The minimum atomic E-state index is -0.315. The second-order valence-corrected chi connectivity index (χ2v) is 6.52. The highest BCUT2D eigenvalue weighted by molar-refractivity contribution is 5.98. The lowest BCUT2D eigenvalue weighted by Crippen LogP contribution is -2.25. The third kappa shape index (κ3) is 2.76. The molecular formula is C21H19N2O2+. The molecule has 0 aliphatic rings. The van der Waals surface area contributed by atoms with Crippen molar-refractivity contribution in [3.63, 3.8) is 0 Å². The maximum Gasteiger partial charge on any atom is 0.344 e. The van der Waals surface area contributed by atoms with Crippen molar-refractivity contribution in [1.29, 1.82) is 0 Å².